The van der Waals surface area contributed by atoms with Crippen molar-refractivity contribution in [2.24, 2.45) is 5.41 Å². The smallest absolute Gasteiger partial charge is 0.133 e. The Hall–Kier alpha value is -0.330. The Bertz CT molecular complexity index is 145. The summed E-state index contributed by atoms with van der Waals surface area (Å²) in [4.78, 5) is 10.9. The van der Waals surface area contributed by atoms with Gasteiger partial charge in [0.05, 0.1) is 0 Å². The summed E-state index contributed by atoms with van der Waals surface area (Å²) in [7, 11) is 0. The Morgan fingerprint density at radius 3 is 2.22 bits per heavy atom. The summed E-state index contributed by atoms with van der Waals surface area (Å²) in [6.07, 6.45) is 7.02. The third-order valence-electron chi connectivity index (χ3n) is 2.92. The SMILES string of the molecule is O=C1CCC2(CCC2)C1. The molecule has 0 aromatic heterocycles. The van der Waals surface area contributed by atoms with E-state index in [0.29, 0.717) is 11.2 Å². The van der Waals surface area contributed by atoms with Crippen LogP contribution in [0.15, 0.2) is 0 Å². The van der Waals surface area contributed by atoms with Crippen LogP contribution in [0.25, 0.3) is 0 Å². The summed E-state index contributed by atoms with van der Waals surface area (Å²) in [6, 6.07) is 0. The fourth-order valence-corrected chi connectivity index (χ4v) is 2.10. The summed E-state index contributed by atoms with van der Waals surface area (Å²) >= 11 is 0. The molecule has 0 heterocycles. The third kappa shape index (κ3) is 0.707. The molecule has 0 saturated heterocycles. The zero-order valence-corrected chi connectivity index (χ0v) is 5.65. The van der Waals surface area contributed by atoms with Gasteiger partial charge in [0.1, 0.15) is 5.78 Å². The highest BCUT2D eigenvalue weighted by molar-refractivity contribution is 5.81. The number of carbonyl (C=O) groups excluding carboxylic acids is 1. The Kier molecular flexibility index (Phi) is 0.961. The second-order valence-electron chi connectivity index (χ2n) is 3.57. The molecular formula is C8H12O. The van der Waals surface area contributed by atoms with Gasteiger partial charge in [-0.25, -0.2) is 0 Å². The van der Waals surface area contributed by atoms with Crippen molar-refractivity contribution >= 4 is 5.78 Å². The molecule has 2 fully saturated rings. The number of hydrogen-bond acceptors (Lipinski definition) is 1. The summed E-state index contributed by atoms with van der Waals surface area (Å²) in [5, 5.41) is 0. The van der Waals surface area contributed by atoms with E-state index < -0.39 is 0 Å². The van der Waals surface area contributed by atoms with Gasteiger partial charge in [0.15, 0.2) is 0 Å². The number of carbonyl (C=O) groups is 1. The molecule has 2 rings (SSSR count). The fourth-order valence-electron chi connectivity index (χ4n) is 2.10. The highest BCUT2D eigenvalue weighted by Crippen LogP contribution is 2.51. The van der Waals surface area contributed by atoms with Gasteiger partial charge in [-0.1, -0.05) is 6.42 Å². The molecule has 0 bridgehead atoms. The van der Waals surface area contributed by atoms with E-state index >= 15 is 0 Å². The molecule has 0 aliphatic heterocycles. The predicted molar refractivity (Wildman–Crippen MR) is 35.1 cm³/mol. The van der Waals surface area contributed by atoms with Crippen LogP contribution in [-0.4, -0.2) is 5.78 Å². The molecule has 1 nitrogen and oxygen atoms in total. The molecular weight excluding hydrogens is 112 g/mol. The Labute approximate surface area is 55.4 Å². The van der Waals surface area contributed by atoms with Crippen LogP contribution in [0.5, 0.6) is 0 Å². The van der Waals surface area contributed by atoms with Gasteiger partial charge >= 0.3 is 0 Å². The standard InChI is InChI=1S/C8H12O/c9-7-2-5-8(6-7)3-1-4-8/h1-6H2. The lowest BCUT2D eigenvalue weighted by atomic mass is 9.68. The molecule has 2 aliphatic rings. The second-order valence-corrected chi connectivity index (χ2v) is 3.57. The number of ketones is 1. The van der Waals surface area contributed by atoms with Crippen molar-refractivity contribution in [2.45, 2.75) is 38.5 Å². The molecule has 0 aromatic rings. The maximum Gasteiger partial charge on any atom is 0.133 e. The first-order valence-corrected chi connectivity index (χ1v) is 3.83. The van der Waals surface area contributed by atoms with Crippen LogP contribution in [0.1, 0.15) is 38.5 Å². The molecule has 1 heteroatoms. The first kappa shape index (κ1) is 5.45. The normalized spacial score (nSPS) is 30.9. The van der Waals surface area contributed by atoms with E-state index in [4.69, 9.17) is 0 Å². The van der Waals surface area contributed by atoms with Crippen molar-refractivity contribution in [1.82, 2.24) is 0 Å². The lowest BCUT2D eigenvalue weighted by Crippen LogP contribution is -2.25. The van der Waals surface area contributed by atoms with Gasteiger partial charge in [-0.3, -0.25) is 4.79 Å². The van der Waals surface area contributed by atoms with Crippen LogP contribution in [0, 0.1) is 5.41 Å². The van der Waals surface area contributed by atoms with E-state index in [9.17, 15) is 4.79 Å². The van der Waals surface area contributed by atoms with Crippen molar-refractivity contribution in [3.63, 3.8) is 0 Å². The van der Waals surface area contributed by atoms with E-state index in [1.807, 2.05) is 0 Å². The summed E-state index contributed by atoms with van der Waals surface area (Å²) < 4.78 is 0. The lowest BCUT2D eigenvalue weighted by molar-refractivity contribution is -0.118. The van der Waals surface area contributed by atoms with Crippen LogP contribution in [-0.2, 0) is 4.79 Å². The zero-order chi connectivity index (χ0) is 6.32. The van der Waals surface area contributed by atoms with Crippen molar-refractivity contribution in [1.29, 1.82) is 0 Å². The van der Waals surface area contributed by atoms with Gasteiger partial charge in [0.25, 0.3) is 0 Å². The Morgan fingerprint density at radius 2 is 2.00 bits per heavy atom. The first-order valence-electron chi connectivity index (χ1n) is 3.83. The highest BCUT2D eigenvalue weighted by atomic mass is 16.1. The molecule has 9 heavy (non-hydrogen) atoms. The van der Waals surface area contributed by atoms with Crippen LogP contribution < -0.4 is 0 Å². The van der Waals surface area contributed by atoms with Crippen LogP contribution >= 0.6 is 0 Å². The van der Waals surface area contributed by atoms with E-state index in [-0.39, 0.29) is 0 Å². The van der Waals surface area contributed by atoms with Crippen LogP contribution in [0.4, 0.5) is 0 Å². The van der Waals surface area contributed by atoms with Gasteiger partial charge < -0.3 is 0 Å². The van der Waals surface area contributed by atoms with Crippen molar-refractivity contribution in [2.75, 3.05) is 0 Å². The molecule has 2 aliphatic carbocycles. The second kappa shape index (κ2) is 1.59. The van der Waals surface area contributed by atoms with Crippen molar-refractivity contribution < 1.29 is 4.79 Å². The monoisotopic (exact) mass is 124 g/mol. The predicted octanol–water partition coefficient (Wildman–Crippen LogP) is 1.91. The first-order chi connectivity index (χ1) is 4.31. The fraction of sp³-hybridized carbons (Fsp3) is 0.875. The van der Waals surface area contributed by atoms with E-state index in [0.717, 1.165) is 12.8 Å². The largest absolute Gasteiger partial charge is 0.300 e. The maximum atomic E-state index is 10.9. The molecule has 0 atom stereocenters. The summed E-state index contributed by atoms with van der Waals surface area (Å²) in [6.45, 7) is 0. The van der Waals surface area contributed by atoms with E-state index in [1.54, 1.807) is 0 Å². The minimum absolute atomic E-state index is 0.509. The minimum atomic E-state index is 0.509. The molecule has 0 amide bonds. The molecule has 1 spiro atoms. The molecule has 2 saturated carbocycles. The summed E-state index contributed by atoms with van der Waals surface area (Å²) in [5.74, 6) is 0.509. The number of rotatable bonds is 0. The highest BCUT2D eigenvalue weighted by Gasteiger charge is 2.42. The van der Waals surface area contributed by atoms with Crippen LogP contribution in [0.3, 0.4) is 0 Å². The van der Waals surface area contributed by atoms with Gasteiger partial charge in [-0.2, -0.15) is 0 Å². The Balaban J connectivity index is 2.07. The van der Waals surface area contributed by atoms with Gasteiger partial charge in [0.2, 0.25) is 0 Å². The molecule has 50 valence electrons. The molecule has 0 aromatic carbocycles. The number of Topliss-reactive ketones (excluding diaryl/α,β-unsaturated/α-hetero) is 1. The van der Waals surface area contributed by atoms with Crippen LogP contribution in [0.2, 0.25) is 0 Å². The van der Waals surface area contributed by atoms with Gasteiger partial charge in [-0.15, -0.1) is 0 Å². The topological polar surface area (TPSA) is 17.1 Å². The zero-order valence-electron chi connectivity index (χ0n) is 5.65. The quantitative estimate of drug-likeness (QED) is 0.482. The summed E-state index contributed by atoms with van der Waals surface area (Å²) in [5.41, 5.74) is 0.539. The molecule has 0 radical (unpaired) electrons. The minimum Gasteiger partial charge on any atom is -0.300 e. The van der Waals surface area contributed by atoms with Gasteiger partial charge in [-0.05, 0) is 24.7 Å². The maximum absolute atomic E-state index is 10.9. The van der Waals surface area contributed by atoms with Gasteiger partial charge in [0, 0.05) is 12.8 Å². The van der Waals surface area contributed by atoms with E-state index in [2.05, 4.69) is 0 Å². The number of hydrogen-bond donors (Lipinski definition) is 0. The van der Waals surface area contributed by atoms with Crippen molar-refractivity contribution in [3.8, 4) is 0 Å². The van der Waals surface area contributed by atoms with E-state index in [1.165, 1.54) is 25.7 Å². The lowest BCUT2D eigenvalue weighted by Gasteiger charge is -2.37. The Morgan fingerprint density at radius 1 is 1.22 bits per heavy atom. The average molecular weight is 124 g/mol. The molecule has 0 unspecified atom stereocenters. The molecule has 0 N–H and O–H groups in total. The van der Waals surface area contributed by atoms with Crippen molar-refractivity contribution in [3.05, 3.63) is 0 Å². The average Bonchev–Trinajstić information content (AvgIpc) is 2.09. The third-order valence-corrected chi connectivity index (χ3v) is 2.92.